The van der Waals surface area contributed by atoms with E-state index in [4.69, 9.17) is 5.11 Å². The lowest BCUT2D eigenvalue weighted by Gasteiger charge is -2.08. The molecule has 0 bridgehead atoms. The third-order valence-corrected chi connectivity index (χ3v) is 2.53. The van der Waals surface area contributed by atoms with Crippen molar-refractivity contribution in [2.24, 2.45) is 0 Å². The molecule has 3 nitrogen and oxygen atoms in total. The molecule has 0 radical (unpaired) electrons. The van der Waals surface area contributed by atoms with Crippen molar-refractivity contribution in [3.63, 3.8) is 0 Å². The highest BCUT2D eigenvalue weighted by atomic mass is 127. The molecule has 0 amide bonds. The number of alkyl halides is 2. The van der Waals surface area contributed by atoms with Crippen molar-refractivity contribution in [3.05, 3.63) is 26.8 Å². The maximum atomic E-state index is 12.7. The van der Waals surface area contributed by atoms with Gasteiger partial charge in [-0.2, -0.15) is 4.39 Å². The number of nitrogens with zero attached hydrogens (tertiary/aromatic N) is 1. The van der Waals surface area contributed by atoms with Crippen molar-refractivity contribution in [1.82, 2.24) is 4.98 Å². The Morgan fingerprint density at radius 3 is 2.67 bits per heavy atom. The molecular formula is C8H5F3INO2. The van der Waals surface area contributed by atoms with E-state index < -0.39 is 30.3 Å². The first-order chi connectivity index (χ1) is 6.91. The molecular weight excluding hydrogens is 326 g/mol. The monoisotopic (exact) mass is 331 g/mol. The molecule has 1 aromatic rings. The van der Waals surface area contributed by atoms with Crippen LogP contribution in [0.1, 0.15) is 17.6 Å². The zero-order chi connectivity index (χ0) is 11.6. The van der Waals surface area contributed by atoms with E-state index in [0.717, 1.165) is 0 Å². The van der Waals surface area contributed by atoms with Gasteiger partial charge >= 0.3 is 5.97 Å². The summed E-state index contributed by atoms with van der Waals surface area (Å²) in [5, 5.41) is 8.50. The molecule has 0 aromatic carbocycles. The lowest BCUT2D eigenvalue weighted by molar-refractivity contribution is -0.136. The first-order valence-corrected chi connectivity index (χ1v) is 4.84. The topological polar surface area (TPSA) is 50.2 Å². The van der Waals surface area contributed by atoms with E-state index in [1.54, 1.807) is 0 Å². The molecule has 15 heavy (non-hydrogen) atoms. The Hall–Kier alpha value is -0.860. The van der Waals surface area contributed by atoms with Gasteiger partial charge in [0.05, 0.1) is 6.42 Å². The Kier molecular flexibility index (Phi) is 3.89. The van der Waals surface area contributed by atoms with Gasteiger partial charge in [-0.1, -0.05) is 0 Å². The second-order valence-corrected chi connectivity index (χ2v) is 3.70. The van der Waals surface area contributed by atoms with Gasteiger partial charge in [0, 0.05) is 17.2 Å². The second kappa shape index (κ2) is 4.77. The number of pyridine rings is 1. The minimum atomic E-state index is -2.91. The lowest BCUT2D eigenvalue weighted by atomic mass is 10.1. The van der Waals surface area contributed by atoms with Crippen LogP contribution in [0, 0.1) is 9.65 Å². The molecule has 0 atom stereocenters. The van der Waals surface area contributed by atoms with E-state index in [0.29, 0.717) is 6.07 Å². The maximum Gasteiger partial charge on any atom is 0.307 e. The third-order valence-electron chi connectivity index (χ3n) is 1.64. The van der Waals surface area contributed by atoms with Gasteiger partial charge in [0.1, 0.15) is 3.70 Å². The molecule has 0 saturated carbocycles. The predicted octanol–water partition coefficient (Wildman–Crippen LogP) is 2.39. The summed E-state index contributed by atoms with van der Waals surface area (Å²) in [5.41, 5.74) is -0.756. The average Bonchev–Trinajstić information content (AvgIpc) is 2.08. The van der Waals surface area contributed by atoms with E-state index in [9.17, 15) is 18.0 Å². The van der Waals surface area contributed by atoms with Crippen molar-refractivity contribution in [2.75, 3.05) is 0 Å². The molecule has 0 aliphatic heterocycles. The fourth-order valence-corrected chi connectivity index (χ4v) is 1.78. The maximum absolute atomic E-state index is 12.7. The standard InChI is InChI=1S/C8H5F3INO2/c9-5-1-3(7(10)11)4(2-6(14)15)8(12)13-5/h1,7H,2H2,(H,14,15). The predicted molar refractivity (Wildman–Crippen MR) is 53.2 cm³/mol. The molecule has 0 unspecified atom stereocenters. The summed E-state index contributed by atoms with van der Waals surface area (Å²) in [5.74, 6) is -2.30. The summed E-state index contributed by atoms with van der Waals surface area (Å²) < 4.78 is 37.6. The van der Waals surface area contributed by atoms with Gasteiger partial charge in [-0.05, 0) is 22.6 Å². The SMILES string of the molecule is O=C(O)Cc1c(C(F)F)cc(F)nc1I. The van der Waals surface area contributed by atoms with Crippen LogP contribution in [-0.2, 0) is 11.2 Å². The van der Waals surface area contributed by atoms with Gasteiger partial charge in [-0.15, -0.1) is 0 Å². The van der Waals surface area contributed by atoms with Crippen LogP contribution in [0.5, 0.6) is 0 Å². The number of carbonyl (C=O) groups is 1. The first-order valence-electron chi connectivity index (χ1n) is 3.76. The van der Waals surface area contributed by atoms with E-state index in [2.05, 4.69) is 4.98 Å². The Labute approximate surface area is 96.5 Å². The van der Waals surface area contributed by atoms with Gasteiger partial charge in [0.2, 0.25) is 5.95 Å². The van der Waals surface area contributed by atoms with Crippen molar-refractivity contribution < 1.29 is 23.1 Å². The first kappa shape index (κ1) is 12.2. The summed E-state index contributed by atoms with van der Waals surface area (Å²) in [6.45, 7) is 0. The number of aromatic nitrogens is 1. The quantitative estimate of drug-likeness (QED) is 0.684. The van der Waals surface area contributed by atoms with Crippen LogP contribution in [-0.4, -0.2) is 16.1 Å². The molecule has 1 heterocycles. The lowest BCUT2D eigenvalue weighted by Crippen LogP contribution is -2.09. The summed E-state index contributed by atoms with van der Waals surface area (Å²) >= 11 is 1.53. The van der Waals surface area contributed by atoms with Crippen molar-refractivity contribution >= 4 is 28.6 Å². The summed E-state index contributed by atoms with van der Waals surface area (Å²) in [7, 11) is 0. The fraction of sp³-hybridized carbons (Fsp3) is 0.250. The van der Waals surface area contributed by atoms with Crippen molar-refractivity contribution in [1.29, 1.82) is 0 Å². The highest BCUT2D eigenvalue weighted by molar-refractivity contribution is 14.1. The molecule has 1 aromatic heterocycles. The van der Waals surface area contributed by atoms with Crippen LogP contribution in [0.4, 0.5) is 13.2 Å². The van der Waals surface area contributed by atoms with Crippen LogP contribution in [0.25, 0.3) is 0 Å². The van der Waals surface area contributed by atoms with Gasteiger partial charge in [-0.3, -0.25) is 4.79 Å². The normalized spacial score (nSPS) is 10.7. The number of carboxylic acids is 1. The minimum Gasteiger partial charge on any atom is -0.481 e. The van der Waals surface area contributed by atoms with Crippen LogP contribution in [0.3, 0.4) is 0 Å². The molecule has 0 aliphatic carbocycles. The van der Waals surface area contributed by atoms with Gasteiger partial charge < -0.3 is 5.11 Å². The number of rotatable bonds is 3. The highest BCUT2D eigenvalue weighted by Crippen LogP contribution is 2.26. The van der Waals surface area contributed by atoms with E-state index >= 15 is 0 Å². The van der Waals surface area contributed by atoms with Crippen LogP contribution in [0.2, 0.25) is 0 Å². The number of hydrogen-bond acceptors (Lipinski definition) is 2. The zero-order valence-corrected chi connectivity index (χ0v) is 9.33. The summed E-state index contributed by atoms with van der Waals surface area (Å²) in [6, 6.07) is 0.561. The smallest absolute Gasteiger partial charge is 0.307 e. The second-order valence-electron chi connectivity index (χ2n) is 2.67. The van der Waals surface area contributed by atoms with Gasteiger partial charge in [0.15, 0.2) is 0 Å². The van der Waals surface area contributed by atoms with E-state index in [-0.39, 0.29) is 9.26 Å². The number of carboxylic acid groups (broad SMARTS) is 1. The van der Waals surface area contributed by atoms with E-state index in [1.807, 2.05) is 0 Å². The van der Waals surface area contributed by atoms with Crippen LogP contribution >= 0.6 is 22.6 Å². The molecule has 7 heteroatoms. The van der Waals surface area contributed by atoms with Crippen molar-refractivity contribution in [3.8, 4) is 0 Å². The number of aliphatic carboxylic acids is 1. The summed E-state index contributed by atoms with van der Waals surface area (Å²) in [6.07, 6.45) is -3.50. The van der Waals surface area contributed by atoms with Crippen LogP contribution in [0.15, 0.2) is 6.07 Å². The molecule has 0 aliphatic rings. The molecule has 0 saturated heterocycles. The van der Waals surface area contributed by atoms with E-state index in [1.165, 1.54) is 22.6 Å². The summed E-state index contributed by atoms with van der Waals surface area (Å²) in [4.78, 5) is 13.7. The molecule has 0 fully saturated rings. The Bertz CT molecular complexity index is 398. The number of hydrogen-bond donors (Lipinski definition) is 1. The molecule has 82 valence electrons. The van der Waals surface area contributed by atoms with Crippen molar-refractivity contribution in [2.45, 2.75) is 12.8 Å². The molecule has 1 N–H and O–H groups in total. The van der Waals surface area contributed by atoms with Crippen LogP contribution < -0.4 is 0 Å². The average molecular weight is 331 g/mol. The minimum absolute atomic E-state index is 0.0506. The number of halogens is 4. The molecule has 1 rings (SSSR count). The zero-order valence-electron chi connectivity index (χ0n) is 7.18. The Morgan fingerprint density at radius 1 is 1.60 bits per heavy atom. The molecule has 0 spiro atoms. The van der Waals surface area contributed by atoms with Gasteiger partial charge in [-0.25, -0.2) is 13.8 Å². The fourth-order valence-electron chi connectivity index (χ4n) is 1.05. The third kappa shape index (κ3) is 3.05. The van der Waals surface area contributed by atoms with Gasteiger partial charge in [0.25, 0.3) is 6.43 Å². The Morgan fingerprint density at radius 2 is 2.20 bits per heavy atom. The largest absolute Gasteiger partial charge is 0.481 e. The highest BCUT2D eigenvalue weighted by Gasteiger charge is 2.20. The Balaban J connectivity index is 3.26.